The van der Waals surface area contributed by atoms with Crippen LogP contribution < -0.4 is 10.6 Å². The van der Waals surface area contributed by atoms with E-state index in [2.05, 4.69) is 16.7 Å². The van der Waals surface area contributed by atoms with Crippen LogP contribution in [0.4, 0.5) is 10.5 Å². The molecule has 1 aliphatic carbocycles. The molecule has 0 radical (unpaired) electrons. The summed E-state index contributed by atoms with van der Waals surface area (Å²) < 4.78 is 0. The van der Waals surface area contributed by atoms with Gasteiger partial charge in [-0.1, -0.05) is 42.5 Å². The Labute approximate surface area is 130 Å². The molecule has 0 bridgehead atoms. The summed E-state index contributed by atoms with van der Waals surface area (Å²) in [5.74, 6) is 0. The number of anilines is 1. The number of hydrogen-bond donors (Lipinski definition) is 3. The number of fused-ring (bicyclic) bond motifs is 1. The number of aliphatic hydroxyl groups excluding tert-OH is 1. The standard InChI is InChI=1S/C18H20N2O2/c21-15-10-9-14-7-4-8-17(16(14)11-15)20-18(22)19-12-13-5-2-1-3-6-13/h1-8,15,21H,9-12H2,(H2,19,20,22). The first kappa shape index (κ1) is 14.6. The van der Waals surface area contributed by atoms with Crippen LogP contribution in [0.1, 0.15) is 23.1 Å². The second kappa shape index (κ2) is 6.62. The maximum atomic E-state index is 12.1. The van der Waals surface area contributed by atoms with Crippen molar-refractivity contribution in [3.05, 3.63) is 65.2 Å². The van der Waals surface area contributed by atoms with Gasteiger partial charge in [-0.2, -0.15) is 0 Å². The summed E-state index contributed by atoms with van der Waals surface area (Å²) in [7, 11) is 0. The van der Waals surface area contributed by atoms with Gasteiger partial charge in [0.05, 0.1) is 6.10 Å². The SMILES string of the molecule is O=C(NCc1ccccc1)Nc1cccc2c1CC(O)CC2. The van der Waals surface area contributed by atoms with Gasteiger partial charge in [-0.3, -0.25) is 0 Å². The molecule has 0 saturated carbocycles. The second-order valence-corrected chi connectivity index (χ2v) is 5.63. The molecule has 0 fully saturated rings. The Morgan fingerprint density at radius 3 is 2.77 bits per heavy atom. The quantitative estimate of drug-likeness (QED) is 0.815. The number of amides is 2. The monoisotopic (exact) mass is 296 g/mol. The predicted octanol–water partition coefficient (Wildman–Crippen LogP) is 2.86. The van der Waals surface area contributed by atoms with Gasteiger partial charge in [0.15, 0.2) is 0 Å². The summed E-state index contributed by atoms with van der Waals surface area (Å²) in [5.41, 5.74) is 4.12. The van der Waals surface area contributed by atoms with Crippen LogP contribution in [0.5, 0.6) is 0 Å². The summed E-state index contributed by atoms with van der Waals surface area (Å²) in [6.07, 6.45) is 1.93. The third-order valence-corrected chi connectivity index (χ3v) is 4.00. The molecule has 3 N–H and O–H groups in total. The Balaban J connectivity index is 1.64. The number of carbonyl (C=O) groups is 1. The molecule has 0 aliphatic heterocycles. The summed E-state index contributed by atoms with van der Waals surface area (Å²) in [6.45, 7) is 0.490. The van der Waals surface area contributed by atoms with Crippen LogP contribution in [0.25, 0.3) is 0 Å². The van der Waals surface area contributed by atoms with Crippen molar-refractivity contribution in [3.8, 4) is 0 Å². The predicted molar refractivity (Wildman–Crippen MR) is 86.8 cm³/mol. The summed E-state index contributed by atoms with van der Waals surface area (Å²) in [4.78, 5) is 12.1. The van der Waals surface area contributed by atoms with Crippen molar-refractivity contribution in [1.82, 2.24) is 5.32 Å². The number of carbonyl (C=O) groups excluding carboxylic acids is 1. The number of nitrogens with one attached hydrogen (secondary N) is 2. The number of aliphatic hydroxyl groups is 1. The third-order valence-electron chi connectivity index (χ3n) is 4.00. The molecule has 0 spiro atoms. The van der Waals surface area contributed by atoms with Crippen molar-refractivity contribution in [2.45, 2.75) is 31.9 Å². The van der Waals surface area contributed by atoms with E-state index in [1.165, 1.54) is 5.56 Å². The van der Waals surface area contributed by atoms with Gasteiger partial charge in [0, 0.05) is 18.7 Å². The Hall–Kier alpha value is -2.33. The van der Waals surface area contributed by atoms with Gasteiger partial charge in [-0.15, -0.1) is 0 Å². The molecule has 4 heteroatoms. The smallest absolute Gasteiger partial charge is 0.319 e. The maximum Gasteiger partial charge on any atom is 0.319 e. The lowest BCUT2D eigenvalue weighted by Gasteiger charge is -2.23. The van der Waals surface area contributed by atoms with Gasteiger partial charge in [0.25, 0.3) is 0 Å². The molecule has 4 nitrogen and oxygen atoms in total. The largest absolute Gasteiger partial charge is 0.393 e. The number of aryl methyl sites for hydroxylation is 1. The van der Waals surface area contributed by atoms with Gasteiger partial charge < -0.3 is 15.7 Å². The molecular formula is C18H20N2O2. The molecular weight excluding hydrogens is 276 g/mol. The average molecular weight is 296 g/mol. The molecule has 0 aromatic heterocycles. The van der Waals surface area contributed by atoms with E-state index in [9.17, 15) is 9.90 Å². The van der Waals surface area contributed by atoms with Crippen molar-refractivity contribution in [2.24, 2.45) is 0 Å². The summed E-state index contributed by atoms with van der Waals surface area (Å²) >= 11 is 0. The van der Waals surface area contributed by atoms with Crippen LogP contribution in [0.15, 0.2) is 48.5 Å². The minimum Gasteiger partial charge on any atom is -0.393 e. The molecule has 0 saturated heterocycles. The second-order valence-electron chi connectivity index (χ2n) is 5.63. The highest BCUT2D eigenvalue weighted by Crippen LogP contribution is 2.28. The van der Waals surface area contributed by atoms with Gasteiger partial charge in [-0.05, 0) is 35.6 Å². The van der Waals surface area contributed by atoms with Crippen molar-refractivity contribution < 1.29 is 9.90 Å². The average Bonchev–Trinajstić information content (AvgIpc) is 2.54. The van der Waals surface area contributed by atoms with Crippen molar-refractivity contribution in [2.75, 3.05) is 5.32 Å². The van der Waals surface area contributed by atoms with E-state index >= 15 is 0 Å². The Morgan fingerprint density at radius 1 is 1.14 bits per heavy atom. The van der Waals surface area contributed by atoms with E-state index in [1.54, 1.807) is 0 Å². The topological polar surface area (TPSA) is 61.4 Å². The van der Waals surface area contributed by atoms with Crippen LogP contribution >= 0.6 is 0 Å². The molecule has 3 rings (SSSR count). The number of urea groups is 1. The molecule has 2 amide bonds. The van der Waals surface area contributed by atoms with E-state index < -0.39 is 0 Å². The molecule has 2 aromatic rings. The zero-order valence-corrected chi connectivity index (χ0v) is 12.4. The minimum absolute atomic E-state index is 0.225. The minimum atomic E-state index is -0.317. The number of benzene rings is 2. The van der Waals surface area contributed by atoms with Crippen LogP contribution in [-0.4, -0.2) is 17.2 Å². The van der Waals surface area contributed by atoms with Crippen molar-refractivity contribution in [3.63, 3.8) is 0 Å². The van der Waals surface area contributed by atoms with E-state index in [0.717, 1.165) is 29.7 Å². The van der Waals surface area contributed by atoms with Crippen LogP contribution in [0.2, 0.25) is 0 Å². The molecule has 1 aliphatic rings. The van der Waals surface area contributed by atoms with E-state index in [1.807, 2.05) is 42.5 Å². The normalized spacial score (nSPS) is 16.7. The molecule has 114 valence electrons. The van der Waals surface area contributed by atoms with Crippen molar-refractivity contribution >= 4 is 11.7 Å². The fourth-order valence-electron chi connectivity index (χ4n) is 2.83. The molecule has 22 heavy (non-hydrogen) atoms. The Kier molecular flexibility index (Phi) is 4.39. The van der Waals surface area contributed by atoms with Crippen LogP contribution in [0.3, 0.4) is 0 Å². The van der Waals surface area contributed by atoms with Gasteiger partial charge >= 0.3 is 6.03 Å². The molecule has 1 unspecified atom stereocenters. The van der Waals surface area contributed by atoms with E-state index in [4.69, 9.17) is 0 Å². The molecule has 2 aromatic carbocycles. The Morgan fingerprint density at radius 2 is 1.95 bits per heavy atom. The lowest BCUT2D eigenvalue weighted by Crippen LogP contribution is -2.29. The van der Waals surface area contributed by atoms with Gasteiger partial charge in [-0.25, -0.2) is 4.79 Å². The highest BCUT2D eigenvalue weighted by atomic mass is 16.3. The maximum absolute atomic E-state index is 12.1. The van der Waals surface area contributed by atoms with Crippen molar-refractivity contribution in [1.29, 1.82) is 0 Å². The molecule has 0 heterocycles. The third kappa shape index (κ3) is 3.46. The Bertz CT molecular complexity index is 655. The first-order valence-corrected chi connectivity index (χ1v) is 7.60. The van der Waals surface area contributed by atoms with Crippen LogP contribution in [0, 0.1) is 0 Å². The molecule has 1 atom stereocenters. The highest BCUT2D eigenvalue weighted by molar-refractivity contribution is 5.90. The highest BCUT2D eigenvalue weighted by Gasteiger charge is 2.19. The number of rotatable bonds is 3. The fourth-order valence-corrected chi connectivity index (χ4v) is 2.83. The lowest BCUT2D eigenvalue weighted by atomic mass is 9.88. The summed E-state index contributed by atoms with van der Waals surface area (Å²) in [5, 5.41) is 15.6. The zero-order valence-electron chi connectivity index (χ0n) is 12.4. The zero-order chi connectivity index (χ0) is 15.4. The summed E-state index contributed by atoms with van der Waals surface area (Å²) in [6, 6.07) is 15.5. The van der Waals surface area contributed by atoms with E-state index in [0.29, 0.717) is 13.0 Å². The van der Waals surface area contributed by atoms with Crippen LogP contribution in [-0.2, 0) is 19.4 Å². The van der Waals surface area contributed by atoms with Gasteiger partial charge in [0.2, 0.25) is 0 Å². The first-order chi connectivity index (χ1) is 10.7. The first-order valence-electron chi connectivity index (χ1n) is 7.60. The fraction of sp³-hybridized carbons (Fsp3) is 0.278. The van der Waals surface area contributed by atoms with Gasteiger partial charge in [0.1, 0.15) is 0 Å². The number of hydrogen-bond acceptors (Lipinski definition) is 2. The van der Waals surface area contributed by atoms with E-state index in [-0.39, 0.29) is 12.1 Å². The lowest BCUT2D eigenvalue weighted by molar-refractivity contribution is 0.159.